The van der Waals surface area contributed by atoms with E-state index in [-0.39, 0.29) is 17.2 Å². The van der Waals surface area contributed by atoms with Crippen LogP contribution in [0.3, 0.4) is 0 Å². The van der Waals surface area contributed by atoms with E-state index < -0.39 is 0 Å². The Balaban J connectivity index is 1.96. The van der Waals surface area contributed by atoms with E-state index in [2.05, 4.69) is 4.90 Å². The second-order valence-electron chi connectivity index (χ2n) is 7.28. The number of amides is 2. The van der Waals surface area contributed by atoms with Gasteiger partial charge in [0.05, 0.1) is 13.0 Å². The number of carbonyl (C=O) groups excluding carboxylic acids is 2. The first-order chi connectivity index (χ1) is 11.0. The van der Waals surface area contributed by atoms with Crippen LogP contribution in [0.15, 0.2) is 0 Å². The maximum absolute atomic E-state index is 12.3. The van der Waals surface area contributed by atoms with Crippen molar-refractivity contribution in [1.29, 1.82) is 0 Å². The molecule has 132 valence electrons. The molecule has 6 heteroatoms. The van der Waals surface area contributed by atoms with Crippen LogP contribution in [0.4, 0.5) is 0 Å². The lowest BCUT2D eigenvalue weighted by Crippen LogP contribution is -2.55. The molecule has 1 unspecified atom stereocenters. The maximum Gasteiger partial charge on any atom is 0.224 e. The third-order valence-electron chi connectivity index (χ3n) is 5.10. The fraction of sp³-hybridized carbons (Fsp3) is 0.882. The minimum absolute atomic E-state index is 0.0984. The second kappa shape index (κ2) is 8.11. The molecule has 0 N–H and O–H groups in total. The van der Waals surface area contributed by atoms with Crippen molar-refractivity contribution < 1.29 is 14.3 Å². The number of carbonyl (C=O) groups is 2. The SMILES string of the molecule is COCCC(=O)N1CCCC2(CCC(=O)N(CCN(C)C)C2)C1. The largest absolute Gasteiger partial charge is 0.384 e. The van der Waals surface area contributed by atoms with Crippen molar-refractivity contribution in [1.82, 2.24) is 14.7 Å². The number of hydrogen-bond acceptors (Lipinski definition) is 4. The molecule has 0 radical (unpaired) electrons. The van der Waals surface area contributed by atoms with Crippen LogP contribution in [0.2, 0.25) is 0 Å². The number of nitrogens with zero attached hydrogens (tertiary/aromatic N) is 3. The monoisotopic (exact) mass is 325 g/mol. The molecular formula is C17H31N3O3. The van der Waals surface area contributed by atoms with Crippen LogP contribution in [0.5, 0.6) is 0 Å². The highest BCUT2D eigenvalue weighted by molar-refractivity contribution is 5.78. The molecule has 2 amide bonds. The van der Waals surface area contributed by atoms with Gasteiger partial charge >= 0.3 is 0 Å². The van der Waals surface area contributed by atoms with E-state index in [0.29, 0.717) is 19.4 Å². The van der Waals surface area contributed by atoms with E-state index in [0.717, 1.165) is 52.0 Å². The first kappa shape index (κ1) is 18.2. The molecular weight excluding hydrogens is 294 g/mol. The molecule has 0 aromatic carbocycles. The maximum atomic E-state index is 12.3. The zero-order chi connectivity index (χ0) is 16.9. The Morgan fingerprint density at radius 3 is 2.78 bits per heavy atom. The highest BCUT2D eigenvalue weighted by Gasteiger charge is 2.42. The molecule has 1 spiro atoms. The standard InChI is InChI=1S/C17H31N3O3/c1-18(2)10-11-20-14-17(8-5-15(20)21)7-4-9-19(13-17)16(22)6-12-23-3/h4-14H2,1-3H3. The van der Waals surface area contributed by atoms with Gasteiger partial charge in [-0.05, 0) is 33.4 Å². The molecule has 2 aliphatic heterocycles. The van der Waals surface area contributed by atoms with Gasteiger partial charge in [0.2, 0.25) is 11.8 Å². The minimum Gasteiger partial charge on any atom is -0.384 e. The van der Waals surface area contributed by atoms with Gasteiger partial charge in [0.15, 0.2) is 0 Å². The summed E-state index contributed by atoms with van der Waals surface area (Å²) in [5, 5.41) is 0. The summed E-state index contributed by atoms with van der Waals surface area (Å²) in [5.74, 6) is 0.447. The molecule has 2 aliphatic rings. The summed E-state index contributed by atoms with van der Waals surface area (Å²) < 4.78 is 5.02. The summed E-state index contributed by atoms with van der Waals surface area (Å²) in [5.41, 5.74) is 0.0984. The summed E-state index contributed by atoms with van der Waals surface area (Å²) in [7, 11) is 5.68. The molecule has 0 saturated carbocycles. The fourth-order valence-corrected chi connectivity index (χ4v) is 3.73. The van der Waals surface area contributed by atoms with Crippen LogP contribution in [-0.2, 0) is 14.3 Å². The average molecular weight is 325 g/mol. The lowest BCUT2D eigenvalue weighted by atomic mass is 9.73. The van der Waals surface area contributed by atoms with E-state index in [1.54, 1.807) is 7.11 Å². The molecule has 2 fully saturated rings. The Labute approximate surface area is 139 Å². The number of piperidine rings is 2. The Kier molecular flexibility index (Phi) is 6.41. The summed E-state index contributed by atoms with van der Waals surface area (Å²) in [6.07, 6.45) is 4.14. The lowest BCUT2D eigenvalue weighted by molar-refractivity contribution is -0.143. The molecule has 0 bridgehead atoms. The lowest BCUT2D eigenvalue weighted by Gasteiger charge is -2.48. The highest BCUT2D eigenvalue weighted by atomic mass is 16.5. The van der Waals surface area contributed by atoms with Crippen LogP contribution < -0.4 is 0 Å². The first-order valence-electron chi connectivity index (χ1n) is 8.65. The van der Waals surface area contributed by atoms with E-state index in [1.807, 2.05) is 23.9 Å². The van der Waals surface area contributed by atoms with Crippen molar-refractivity contribution in [2.75, 3.05) is 60.5 Å². The fourth-order valence-electron chi connectivity index (χ4n) is 3.73. The van der Waals surface area contributed by atoms with Gasteiger partial charge in [-0.25, -0.2) is 0 Å². The average Bonchev–Trinajstić information content (AvgIpc) is 2.54. The zero-order valence-electron chi connectivity index (χ0n) is 14.8. The van der Waals surface area contributed by atoms with Crippen LogP contribution in [0.1, 0.15) is 32.1 Å². The third-order valence-corrected chi connectivity index (χ3v) is 5.10. The molecule has 2 rings (SSSR count). The number of rotatable bonds is 6. The number of likely N-dealkylation sites (N-methyl/N-ethyl adjacent to an activating group) is 1. The van der Waals surface area contributed by atoms with Crippen molar-refractivity contribution in [3.63, 3.8) is 0 Å². The van der Waals surface area contributed by atoms with E-state index >= 15 is 0 Å². The summed E-state index contributed by atoms with van der Waals surface area (Å²) in [6.45, 7) is 4.59. The molecule has 0 aromatic heterocycles. The molecule has 0 aliphatic carbocycles. The third kappa shape index (κ3) is 4.91. The normalized spacial score (nSPS) is 25.5. The Bertz CT molecular complexity index is 427. The summed E-state index contributed by atoms with van der Waals surface area (Å²) >= 11 is 0. The number of ether oxygens (including phenoxy) is 1. The number of likely N-dealkylation sites (tertiary alicyclic amines) is 2. The van der Waals surface area contributed by atoms with E-state index in [4.69, 9.17) is 4.74 Å². The number of hydrogen-bond donors (Lipinski definition) is 0. The quantitative estimate of drug-likeness (QED) is 0.725. The van der Waals surface area contributed by atoms with Gasteiger partial charge in [0.25, 0.3) is 0 Å². The van der Waals surface area contributed by atoms with E-state index in [1.165, 1.54) is 0 Å². The molecule has 2 heterocycles. The topological polar surface area (TPSA) is 53.1 Å². The van der Waals surface area contributed by atoms with Crippen molar-refractivity contribution in [3.05, 3.63) is 0 Å². The Morgan fingerprint density at radius 1 is 1.30 bits per heavy atom. The predicted octanol–water partition coefficient (Wildman–Crippen LogP) is 0.816. The second-order valence-corrected chi connectivity index (χ2v) is 7.28. The zero-order valence-corrected chi connectivity index (χ0v) is 14.8. The molecule has 23 heavy (non-hydrogen) atoms. The Hall–Kier alpha value is -1.14. The van der Waals surface area contributed by atoms with Gasteiger partial charge in [0, 0.05) is 51.7 Å². The number of methoxy groups -OCH3 is 1. The summed E-state index contributed by atoms with van der Waals surface area (Å²) in [4.78, 5) is 30.6. The van der Waals surface area contributed by atoms with Gasteiger partial charge in [-0.1, -0.05) is 0 Å². The van der Waals surface area contributed by atoms with Crippen molar-refractivity contribution in [3.8, 4) is 0 Å². The van der Waals surface area contributed by atoms with Crippen molar-refractivity contribution >= 4 is 11.8 Å². The van der Waals surface area contributed by atoms with Crippen LogP contribution in [0, 0.1) is 5.41 Å². The van der Waals surface area contributed by atoms with Crippen LogP contribution in [-0.4, -0.2) is 87.0 Å². The highest BCUT2D eigenvalue weighted by Crippen LogP contribution is 2.38. The molecule has 2 saturated heterocycles. The molecule has 0 aromatic rings. The minimum atomic E-state index is 0.0984. The van der Waals surface area contributed by atoms with E-state index in [9.17, 15) is 9.59 Å². The Morgan fingerprint density at radius 2 is 2.09 bits per heavy atom. The first-order valence-corrected chi connectivity index (χ1v) is 8.65. The summed E-state index contributed by atoms with van der Waals surface area (Å²) in [6, 6.07) is 0. The van der Waals surface area contributed by atoms with Gasteiger partial charge in [0.1, 0.15) is 0 Å². The molecule has 1 atom stereocenters. The van der Waals surface area contributed by atoms with Crippen LogP contribution >= 0.6 is 0 Å². The predicted molar refractivity (Wildman–Crippen MR) is 89.1 cm³/mol. The van der Waals surface area contributed by atoms with Crippen LogP contribution in [0.25, 0.3) is 0 Å². The van der Waals surface area contributed by atoms with Gasteiger partial charge in [-0.15, -0.1) is 0 Å². The van der Waals surface area contributed by atoms with Gasteiger partial charge in [-0.3, -0.25) is 9.59 Å². The van der Waals surface area contributed by atoms with Crippen molar-refractivity contribution in [2.24, 2.45) is 5.41 Å². The van der Waals surface area contributed by atoms with Gasteiger partial charge in [-0.2, -0.15) is 0 Å². The van der Waals surface area contributed by atoms with Gasteiger partial charge < -0.3 is 19.4 Å². The van der Waals surface area contributed by atoms with Crippen molar-refractivity contribution in [2.45, 2.75) is 32.1 Å². The smallest absolute Gasteiger partial charge is 0.224 e. The molecule has 6 nitrogen and oxygen atoms in total.